The van der Waals surface area contributed by atoms with Gasteiger partial charge in [0.15, 0.2) is 0 Å². The van der Waals surface area contributed by atoms with Crippen molar-refractivity contribution in [2.75, 3.05) is 19.7 Å². The van der Waals surface area contributed by atoms with E-state index in [0.29, 0.717) is 37.9 Å². The first kappa shape index (κ1) is 35.8. The van der Waals surface area contributed by atoms with Crippen LogP contribution in [0.3, 0.4) is 0 Å². The molecule has 9 atom stereocenters. The van der Waals surface area contributed by atoms with Gasteiger partial charge in [0, 0.05) is 24.3 Å². The second-order valence-corrected chi connectivity index (χ2v) is 13.7. The number of hydrogen-bond acceptors (Lipinski definition) is 7. The van der Waals surface area contributed by atoms with E-state index in [2.05, 4.69) is 34.4 Å². The number of halogens is 1. The minimum Gasteiger partial charge on any atom is -0.455 e. The van der Waals surface area contributed by atoms with E-state index in [0.717, 1.165) is 12.8 Å². The summed E-state index contributed by atoms with van der Waals surface area (Å²) in [5.41, 5.74) is -0.589. The highest BCUT2D eigenvalue weighted by atomic mass is 79.9. The molecular formula is C35H48BrN3O7. The molecule has 0 aromatic heterocycles. The molecule has 3 saturated heterocycles. The lowest BCUT2D eigenvalue weighted by molar-refractivity contribution is -0.162. The van der Waals surface area contributed by atoms with E-state index in [9.17, 15) is 24.3 Å². The Balaban J connectivity index is 1.71. The largest absolute Gasteiger partial charge is 0.455 e. The van der Waals surface area contributed by atoms with Crippen LogP contribution in [-0.2, 0) is 28.7 Å². The molecule has 1 unspecified atom stereocenters. The van der Waals surface area contributed by atoms with Crippen LogP contribution in [0.5, 0.6) is 0 Å². The molecule has 11 heteroatoms. The van der Waals surface area contributed by atoms with Crippen molar-refractivity contribution in [3.63, 3.8) is 0 Å². The predicted octanol–water partition coefficient (Wildman–Crippen LogP) is 4.08. The number of nitrogens with zero attached hydrogens (tertiary/aromatic N) is 2. The molecule has 10 nitrogen and oxygen atoms in total. The normalized spacial score (nSPS) is 28.2. The number of aliphatic hydroxyl groups excluding tert-OH is 1. The Kier molecular flexibility index (Phi) is 12.2. The van der Waals surface area contributed by atoms with Gasteiger partial charge in [-0.3, -0.25) is 19.2 Å². The topological polar surface area (TPSA) is 125 Å². The number of rotatable bonds is 17. The molecule has 3 heterocycles. The molecule has 2 N–H and O–H groups in total. The number of ether oxygens (including phenoxy) is 2. The average molecular weight is 703 g/mol. The number of carbonyl (C=O) groups is 4. The highest BCUT2D eigenvalue weighted by molar-refractivity contribution is 9.09. The first-order valence-corrected chi connectivity index (χ1v) is 17.3. The summed E-state index contributed by atoms with van der Waals surface area (Å²) < 4.78 is 12.9. The number of carbonyl (C=O) groups excluding carboxylic acids is 4. The number of aliphatic hydroxyl groups is 1. The minimum absolute atomic E-state index is 0.197. The molecule has 1 spiro atoms. The zero-order chi connectivity index (χ0) is 33.6. The number of hydrogen-bond donors (Lipinski definition) is 2. The van der Waals surface area contributed by atoms with E-state index in [1.165, 1.54) is 4.90 Å². The summed E-state index contributed by atoms with van der Waals surface area (Å²) in [6, 6.07) is 6.93. The smallest absolute Gasteiger partial charge is 0.313 e. The van der Waals surface area contributed by atoms with E-state index in [-0.39, 0.29) is 35.6 Å². The van der Waals surface area contributed by atoms with Crippen LogP contribution in [0, 0.1) is 11.8 Å². The van der Waals surface area contributed by atoms with Gasteiger partial charge in [-0.2, -0.15) is 0 Å². The van der Waals surface area contributed by atoms with Gasteiger partial charge in [0.05, 0.1) is 36.6 Å². The Bertz CT molecular complexity index is 1270. The lowest BCUT2D eigenvalue weighted by Gasteiger charge is -2.39. The fourth-order valence-corrected chi connectivity index (χ4v) is 8.28. The number of benzene rings is 1. The maximum absolute atomic E-state index is 14.5. The van der Waals surface area contributed by atoms with Crippen LogP contribution in [-0.4, -0.2) is 93.0 Å². The Morgan fingerprint density at radius 2 is 1.96 bits per heavy atom. The molecule has 2 bridgehead atoms. The third-order valence-electron chi connectivity index (χ3n) is 9.54. The van der Waals surface area contributed by atoms with Gasteiger partial charge in [-0.05, 0) is 38.2 Å². The zero-order valence-corrected chi connectivity index (χ0v) is 28.7. The van der Waals surface area contributed by atoms with Gasteiger partial charge >= 0.3 is 5.97 Å². The van der Waals surface area contributed by atoms with Crippen LogP contribution in [0.2, 0.25) is 0 Å². The van der Waals surface area contributed by atoms with Crippen molar-refractivity contribution in [2.24, 2.45) is 11.8 Å². The number of esters is 1. The minimum atomic E-state index is -1.28. The van der Waals surface area contributed by atoms with E-state index < -0.39 is 53.7 Å². The number of amides is 3. The summed E-state index contributed by atoms with van der Waals surface area (Å²) in [6.07, 6.45) is 4.97. The summed E-state index contributed by atoms with van der Waals surface area (Å²) in [7, 11) is 0. The molecule has 1 aromatic carbocycles. The number of allylic oxidation sites excluding steroid dienone is 1. The fourth-order valence-electron chi connectivity index (χ4n) is 7.33. The van der Waals surface area contributed by atoms with Crippen molar-refractivity contribution in [1.82, 2.24) is 15.1 Å². The molecule has 4 rings (SSSR count). The third kappa shape index (κ3) is 6.82. The quantitative estimate of drug-likeness (QED) is 0.143. The van der Waals surface area contributed by atoms with Gasteiger partial charge in [-0.15, -0.1) is 13.2 Å². The molecule has 0 aliphatic carbocycles. The van der Waals surface area contributed by atoms with E-state index in [4.69, 9.17) is 9.47 Å². The summed E-state index contributed by atoms with van der Waals surface area (Å²) in [5, 5.41) is 13.3. The average Bonchev–Trinajstić information content (AvgIpc) is 3.64. The number of likely N-dealkylation sites (tertiary alicyclic amines) is 1. The van der Waals surface area contributed by atoms with Gasteiger partial charge in [-0.25, -0.2) is 0 Å². The number of alkyl halides is 1. The molecule has 1 aromatic rings. The van der Waals surface area contributed by atoms with Crippen molar-refractivity contribution < 1.29 is 33.8 Å². The highest BCUT2D eigenvalue weighted by Crippen LogP contribution is 2.61. The molecule has 252 valence electrons. The first-order valence-electron chi connectivity index (χ1n) is 16.4. The van der Waals surface area contributed by atoms with Crippen LogP contribution in [0.4, 0.5) is 0 Å². The molecule has 0 saturated carbocycles. The lowest BCUT2D eigenvalue weighted by atomic mass is 9.70. The summed E-state index contributed by atoms with van der Waals surface area (Å²) in [5.74, 6) is -3.46. The molecular weight excluding hydrogens is 654 g/mol. The van der Waals surface area contributed by atoms with Crippen molar-refractivity contribution in [1.29, 1.82) is 0 Å². The standard InChI is InChI=1S/C35H48BrN3O7/c1-6-10-17-26(41)37-22(5)29(23-15-13-12-14-16-23)45-34(44)27-28-32(42)39(24(9-4)21-40)31(35(28)20-25(36)30(27)46-35)33(43)38(18-8-3)19-11-7-2/h6,8,12-16,22,24-25,27-31,40H,1,3,7,9-11,17-21H2,2,4-5H3,(H,37,41)/t22-,24+,25?,27+,28-,29-,30+,31+,35-/m1/s1. The molecule has 0 radical (unpaired) electrons. The van der Waals surface area contributed by atoms with E-state index >= 15 is 0 Å². The monoisotopic (exact) mass is 701 g/mol. The zero-order valence-electron chi connectivity index (χ0n) is 27.1. The van der Waals surface area contributed by atoms with Crippen molar-refractivity contribution in [3.05, 3.63) is 61.2 Å². The number of unbranched alkanes of at least 4 members (excludes halogenated alkanes) is 1. The van der Waals surface area contributed by atoms with Gasteiger partial charge < -0.3 is 29.7 Å². The van der Waals surface area contributed by atoms with Crippen molar-refractivity contribution in [3.8, 4) is 0 Å². The maximum Gasteiger partial charge on any atom is 0.313 e. The Labute approximate surface area is 280 Å². The van der Waals surface area contributed by atoms with Crippen LogP contribution >= 0.6 is 15.9 Å². The molecule has 3 aliphatic rings. The second-order valence-electron chi connectivity index (χ2n) is 12.5. The van der Waals surface area contributed by atoms with E-state index in [1.807, 2.05) is 44.2 Å². The molecule has 46 heavy (non-hydrogen) atoms. The van der Waals surface area contributed by atoms with Gasteiger partial charge in [0.2, 0.25) is 17.7 Å². The van der Waals surface area contributed by atoms with Crippen molar-refractivity contribution in [2.45, 2.75) is 100 Å². The SMILES string of the molecule is C=CCCC(=O)N[C@H](C)[C@@H](OC(=O)[C@@H]1[C@H]2O[C@@]3(CC2Br)[C@H](C(=O)N(CC=C)CCCC)N([C@@H](CC)CO)C(=O)[C@@H]13)c1ccccc1. The fraction of sp³-hybridized carbons (Fsp3) is 0.600. The lowest BCUT2D eigenvalue weighted by Crippen LogP contribution is -2.59. The summed E-state index contributed by atoms with van der Waals surface area (Å²) in [6.45, 7) is 13.6. The Morgan fingerprint density at radius 1 is 1.24 bits per heavy atom. The summed E-state index contributed by atoms with van der Waals surface area (Å²) >= 11 is 3.71. The molecule has 3 fully saturated rings. The van der Waals surface area contributed by atoms with Crippen LogP contribution in [0.1, 0.15) is 71.0 Å². The predicted molar refractivity (Wildman–Crippen MR) is 178 cm³/mol. The summed E-state index contributed by atoms with van der Waals surface area (Å²) in [4.78, 5) is 58.6. The third-order valence-corrected chi connectivity index (χ3v) is 10.4. The van der Waals surface area contributed by atoms with Gasteiger partial charge in [0.1, 0.15) is 17.7 Å². The van der Waals surface area contributed by atoms with Crippen molar-refractivity contribution >= 4 is 39.6 Å². The highest BCUT2D eigenvalue weighted by Gasteiger charge is 2.77. The molecule has 3 amide bonds. The number of fused-ring (bicyclic) bond motifs is 1. The Morgan fingerprint density at radius 3 is 2.57 bits per heavy atom. The van der Waals surface area contributed by atoms with Crippen LogP contribution in [0.15, 0.2) is 55.6 Å². The first-order chi connectivity index (χ1) is 22.1. The maximum atomic E-state index is 14.5. The molecule has 3 aliphatic heterocycles. The van der Waals surface area contributed by atoms with Crippen LogP contribution < -0.4 is 5.32 Å². The van der Waals surface area contributed by atoms with Gasteiger partial charge in [-0.1, -0.05) is 78.7 Å². The van der Waals surface area contributed by atoms with Gasteiger partial charge in [0.25, 0.3) is 0 Å². The van der Waals surface area contributed by atoms with Crippen LogP contribution in [0.25, 0.3) is 0 Å². The number of nitrogens with one attached hydrogen (secondary N) is 1. The van der Waals surface area contributed by atoms with E-state index in [1.54, 1.807) is 24.0 Å². The Hall–Kier alpha value is -3.02. The second kappa shape index (κ2) is 15.7.